The van der Waals surface area contributed by atoms with Crippen molar-refractivity contribution in [2.24, 2.45) is 22.7 Å². The van der Waals surface area contributed by atoms with E-state index in [2.05, 4.69) is 146 Å². The van der Waals surface area contributed by atoms with E-state index in [-0.39, 0.29) is 34.7 Å². The van der Waals surface area contributed by atoms with Gasteiger partial charge in [-0.2, -0.15) is 0 Å². The molecule has 336 valence electrons. The molecule has 2 unspecified atom stereocenters. The van der Waals surface area contributed by atoms with Crippen molar-refractivity contribution >= 4 is 34.1 Å². The van der Waals surface area contributed by atoms with Crippen molar-refractivity contribution in [2.75, 3.05) is 0 Å². The number of fused-ring (bicyclic) bond motifs is 2. The van der Waals surface area contributed by atoms with Crippen LogP contribution < -0.4 is 10.6 Å². The Morgan fingerprint density at radius 1 is 0.516 bits per heavy atom. The fraction of sp³-hybridized carbons (Fsp3) is 0.433. The molecule has 4 aromatic carbocycles. The summed E-state index contributed by atoms with van der Waals surface area (Å²) in [5.41, 5.74) is 13.5. The molecule has 2 saturated carbocycles. The quantitative estimate of drug-likeness (QED) is 0.0980. The number of hydrogen-bond donors (Lipinski definition) is 2. The third-order valence-electron chi connectivity index (χ3n) is 15.4. The van der Waals surface area contributed by atoms with Crippen molar-refractivity contribution in [2.45, 2.75) is 143 Å². The molecular formula is C60H74N2O2. The largest absolute Gasteiger partial charge is 0.353 e. The lowest BCUT2D eigenvalue weighted by Gasteiger charge is -2.37. The van der Waals surface area contributed by atoms with Gasteiger partial charge in [-0.1, -0.05) is 198 Å². The van der Waals surface area contributed by atoms with Crippen molar-refractivity contribution in [3.8, 4) is 0 Å². The Labute approximate surface area is 385 Å². The van der Waals surface area contributed by atoms with Gasteiger partial charge < -0.3 is 10.6 Å². The molecule has 0 aromatic heterocycles. The highest BCUT2D eigenvalue weighted by molar-refractivity contribution is 5.92. The highest BCUT2D eigenvalue weighted by atomic mass is 16.2. The monoisotopic (exact) mass is 855 g/mol. The summed E-state index contributed by atoms with van der Waals surface area (Å²) in [6, 6.07) is 43.7. The lowest BCUT2D eigenvalue weighted by molar-refractivity contribution is -0.120. The number of unbranched alkanes of at least 4 members (excludes halogenated alkanes) is 6. The van der Waals surface area contributed by atoms with Gasteiger partial charge in [-0.05, 0) is 121 Å². The summed E-state index contributed by atoms with van der Waals surface area (Å²) >= 11 is 0. The zero-order chi connectivity index (χ0) is 45.1. The third-order valence-corrected chi connectivity index (χ3v) is 15.4. The fourth-order valence-corrected chi connectivity index (χ4v) is 12.7. The van der Waals surface area contributed by atoms with Gasteiger partial charge in [0.15, 0.2) is 0 Å². The number of carbonyl (C=O) groups is 2. The first-order chi connectivity index (χ1) is 31.1. The molecule has 0 heterocycles. The molecule has 64 heavy (non-hydrogen) atoms. The molecule has 0 saturated heterocycles. The summed E-state index contributed by atoms with van der Waals surface area (Å²) in [6.07, 6.45) is 18.7. The fourth-order valence-electron chi connectivity index (χ4n) is 12.7. The first-order valence-electron chi connectivity index (χ1n) is 24.7. The second-order valence-corrected chi connectivity index (χ2v) is 19.3. The number of hydrogen-bond acceptors (Lipinski definition) is 2. The first kappa shape index (κ1) is 46.8. The van der Waals surface area contributed by atoms with Crippen molar-refractivity contribution in [1.29, 1.82) is 0 Å². The second-order valence-electron chi connectivity index (χ2n) is 19.3. The van der Waals surface area contributed by atoms with E-state index in [1.165, 1.54) is 95.9 Å². The topological polar surface area (TPSA) is 58.2 Å². The zero-order valence-electron chi connectivity index (χ0n) is 39.4. The highest BCUT2D eigenvalue weighted by Crippen LogP contribution is 2.67. The molecule has 8 rings (SSSR count). The Morgan fingerprint density at radius 2 is 0.859 bits per heavy atom. The van der Waals surface area contributed by atoms with Crippen LogP contribution in [0.1, 0.15) is 153 Å². The summed E-state index contributed by atoms with van der Waals surface area (Å²) in [6.45, 7) is 17.3. The first-order valence-corrected chi connectivity index (χ1v) is 24.7. The highest BCUT2D eigenvalue weighted by Gasteiger charge is 2.58. The Bertz CT molecular complexity index is 2110. The van der Waals surface area contributed by atoms with Crippen LogP contribution >= 0.6 is 0 Å². The van der Waals surface area contributed by atoms with Crippen LogP contribution in [-0.2, 0) is 9.59 Å². The van der Waals surface area contributed by atoms with Gasteiger partial charge in [0.05, 0.1) is 0 Å². The van der Waals surface area contributed by atoms with Gasteiger partial charge in [0.1, 0.15) is 0 Å². The average molecular weight is 855 g/mol. The summed E-state index contributed by atoms with van der Waals surface area (Å²) < 4.78 is 0. The SMILES string of the molecule is C=C(c1ccccc1)[C@@]12CC[C@@H](NC(C)=O)C1CC(CCCCCC)=C2c1ccccc1.C=C(c1ccccc1)[C@@]12CC[C@H](NC(C)=O)C1CC(CCCCCC)=C2c1ccccc1. The molecule has 4 aliphatic carbocycles. The molecule has 2 amide bonds. The number of nitrogens with one attached hydrogen (secondary N) is 2. The van der Waals surface area contributed by atoms with Crippen molar-refractivity contribution in [3.05, 3.63) is 168 Å². The minimum Gasteiger partial charge on any atom is -0.353 e. The molecule has 4 aromatic rings. The van der Waals surface area contributed by atoms with Crippen LogP contribution in [0.25, 0.3) is 22.3 Å². The number of amides is 2. The normalized spacial score (nSPS) is 24.4. The van der Waals surface area contributed by atoms with E-state index in [9.17, 15) is 9.59 Å². The predicted octanol–water partition coefficient (Wildman–Crippen LogP) is 14.9. The van der Waals surface area contributed by atoms with Gasteiger partial charge in [0, 0.05) is 36.8 Å². The van der Waals surface area contributed by atoms with Crippen LogP contribution in [0, 0.1) is 22.7 Å². The van der Waals surface area contributed by atoms with Crippen LogP contribution in [0.2, 0.25) is 0 Å². The summed E-state index contributed by atoms with van der Waals surface area (Å²) in [5.74, 6) is 0.897. The molecule has 4 aliphatic rings. The average Bonchev–Trinajstić information content (AvgIpc) is 4.04. The second kappa shape index (κ2) is 21.6. The third kappa shape index (κ3) is 9.73. The van der Waals surface area contributed by atoms with E-state index in [0.29, 0.717) is 11.8 Å². The smallest absolute Gasteiger partial charge is 0.217 e. The molecule has 0 bridgehead atoms. The molecule has 2 N–H and O–H groups in total. The number of allylic oxidation sites excluding steroid dienone is 6. The Hall–Kier alpha value is -5.22. The van der Waals surface area contributed by atoms with Crippen LogP contribution in [0.5, 0.6) is 0 Å². The van der Waals surface area contributed by atoms with Crippen LogP contribution in [0.4, 0.5) is 0 Å². The maximum atomic E-state index is 12.1. The molecule has 0 aliphatic heterocycles. The molecule has 0 spiro atoms. The lowest BCUT2D eigenvalue weighted by atomic mass is 9.66. The zero-order valence-corrected chi connectivity index (χ0v) is 39.4. The van der Waals surface area contributed by atoms with Gasteiger partial charge >= 0.3 is 0 Å². The minimum absolute atomic E-state index is 0.0776. The van der Waals surface area contributed by atoms with E-state index >= 15 is 0 Å². The summed E-state index contributed by atoms with van der Waals surface area (Å²) in [7, 11) is 0. The van der Waals surface area contributed by atoms with Crippen molar-refractivity contribution < 1.29 is 9.59 Å². The maximum absolute atomic E-state index is 12.1. The van der Waals surface area contributed by atoms with Gasteiger partial charge in [0.2, 0.25) is 11.8 Å². The van der Waals surface area contributed by atoms with Gasteiger partial charge in [-0.3, -0.25) is 9.59 Å². The van der Waals surface area contributed by atoms with E-state index in [0.717, 1.165) is 51.4 Å². The maximum Gasteiger partial charge on any atom is 0.217 e. The summed E-state index contributed by atoms with van der Waals surface area (Å²) in [5, 5.41) is 6.61. The standard InChI is InChI=1S/2C30H37NO/c2*1-4-5-6-9-18-26-21-27-28(31-23(3)32)19-20-30(27,22(2)24-14-10-7-11-15-24)29(26)25-16-12-8-13-17-25/h2*7-8,10-17,27-28H,2,4-6,9,18-21H2,1,3H3,(H,31,32)/t27?,28-,30+;27?,28-,30-/m10/s1. The lowest BCUT2D eigenvalue weighted by Crippen LogP contribution is -2.39. The van der Waals surface area contributed by atoms with Crippen molar-refractivity contribution in [3.63, 3.8) is 0 Å². The molecule has 6 atom stereocenters. The molecular weight excluding hydrogens is 781 g/mol. The van der Waals surface area contributed by atoms with Gasteiger partial charge in [-0.15, -0.1) is 0 Å². The molecule has 2 fully saturated rings. The van der Waals surface area contributed by atoms with E-state index in [1.54, 1.807) is 25.0 Å². The molecule has 4 nitrogen and oxygen atoms in total. The Morgan fingerprint density at radius 3 is 1.19 bits per heavy atom. The van der Waals surface area contributed by atoms with Crippen LogP contribution in [-0.4, -0.2) is 23.9 Å². The van der Waals surface area contributed by atoms with Crippen LogP contribution in [0.15, 0.2) is 146 Å². The van der Waals surface area contributed by atoms with E-state index in [1.807, 2.05) is 0 Å². The Kier molecular flexibility index (Phi) is 15.8. The minimum atomic E-state index is -0.115. The molecule has 0 radical (unpaired) electrons. The van der Waals surface area contributed by atoms with Gasteiger partial charge in [0.25, 0.3) is 0 Å². The van der Waals surface area contributed by atoms with Crippen LogP contribution in [0.3, 0.4) is 0 Å². The van der Waals surface area contributed by atoms with E-state index < -0.39 is 0 Å². The van der Waals surface area contributed by atoms with Crippen molar-refractivity contribution in [1.82, 2.24) is 10.6 Å². The number of carbonyl (C=O) groups excluding carboxylic acids is 2. The number of benzene rings is 4. The number of rotatable bonds is 18. The summed E-state index contributed by atoms with van der Waals surface area (Å²) in [4.78, 5) is 24.1. The van der Waals surface area contributed by atoms with E-state index in [4.69, 9.17) is 13.2 Å². The Balaban J connectivity index is 0.000000191. The molecule has 4 heteroatoms. The van der Waals surface area contributed by atoms with Gasteiger partial charge in [-0.25, -0.2) is 0 Å². The predicted molar refractivity (Wildman–Crippen MR) is 270 cm³/mol.